The lowest BCUT2D eigenvalue weighted by molar-refractivity contribution is -0.387. The van der Waals surface area contributed by atoms with E-state index in [-0.39, 0.29) is 16.5 Å². The zero-order valence-electron chi connectivity index (χ0n) is 11.8. The number of hydrogen-bond donors (Lipinski definition) is 2. The van der Waals surface area contributed by atoms with Crippen molar-refractivity contribution in [3.8, 4) is 0 Å². The Balaban J connectivity index is 2.77. The van der Waals surface area contributed by atoms with E-state index >= 15 is 0 Å². The summed E-state index contributed by atoms with van der Waals surface area (Å²) in [6, 6.07) is 3.79. The number of nitrogens with zero attached hydrogens (tertiary/aromatic N) is 1. The number of halogens is 1. The third-order valence-corrected chi connectivity index (χ3v) is 4.35. The summed E-state index contributed by atoms with van der Waals surface area (Å²) in [7, 11) is -3.93. The van der Waals surface area contributed by atoms with E-state index in [4.69, 9.17) is 11.6 Å². The highest BCUT2D eigenvalue weighted by molar-refractivity contribution is 7.89. The predicted molar refractivity (Wildman–Crippen MR) is 81.1 cm³/mol. The third kappa shape index (κ3) is 5.58. The van der Waals surface area contributed by atoms with Gasteiger partial charge in [-0.3, -0.25) is 10.1 Å². The van der Waals surface area contributed by atoms with E-state index in [1.807, 2.05) is 13.8 Å². The smallest absolute Gasteiger partial charge is 0.290 e. The first-order valence-electron chi connectivity index (χ1n) is 6.41. The minimum Gasteiger partial charge on any atom is -0.314 e. The monoisotopic (exact) mass is 335 g/mol. The second kappa shape index (κ2) is 7.69. The lowest BCUT2D eigenvalue weighted by atomic mass is 10.3. The molecule has 1 aromatic carbocycles. The first-order chi connectivity index (χ1) is 9.74. The number of nitro groups is 1. The summed E-state index contributed by atoms with van der Waals surface area (Å²) in [6.07, 6.45) is 0.582. The van der Waals surface area contributed by atoms with Gasteiger partial charge in [-0.05, 0) is 25.1 Å². The Morgan fingerprint density at radius 1 is 1.33 bits per heavy atom. The van der Waals surface area contributed by atoms with Crippen molar-refractivity contribution in [3.05, 3.63) is 33.3 Å². The average Bonchev–Trinajstić information content (AvgIpc) is 2.37. The Kier molecular flexibility index (Phi) is 6.53. The van der Waals surface area contributed by atoms with Crippen molar-refractivity contribution in [2.75, 3.05) is 13.1 Å². The van der Waals surface area contributed by atoms with Gasteiger partial charge in [0.2, 0.25) is 10.0 Å². The molecule has 1 aromatic rings. The Bertz CT molecular complexity index is 605. The fraction of sp³-hybridized carbons (Fsp3) is 0.500. The van der Waals surface area contributed by atoms with Crippen LogP contribution in [0, 0.1) is 10.1 Å². The van der Waals surface area contributed by atoms with Crippen molar-refractivity contribution in [2.24, 2.45) is 0 Å². The maximum atomic E-state index is 12.1. The van der Waals surface area contributed by atoms with Gasteiger partial charge in [0.25, 0.3) is 5.69 Å². The molecule has 0 fully saturated rings. The Morgan fingerprint density at radius 2 is 2.00 bits per heavy atom. The summed E-state index contributed by atoms with van der Waals surface area (Å²) in [5.74, 6) is 0. The van der Waals surface area contributed by atoms with Crippen molar-refractivity contribution in [1.29, 1.82) is 0 Å². The molecule has 0 saturated carbocycles. The van der Waals surface area contributed by atoms with Gasteiger partial charge in [-0.1, -0.05) is 25.4 Å². The van der Waals surface area contributed by atoms with Crippen LogP contribution in [0.25, 0.3) is 0 Å². The molecule has 0 aromatic heterocycles. The summed E-state index contributed by atoms with van der Waals surface area (Å²) >= 11 is 5.66. The standard InChI is InChI=1S/C12H18ClN3O4S/c1-9(2)14-6-3-7-15-21(19,20)12-5-4-10(13)8-11(12)16(17)18/h4-5,8-9,14-15H,3,6-7H2,1-2H3. The fourth-order valence-corrected chi connectivity index (χ4v) is 3.01. The lowest BCUT2D eigenvalue weighted by Crippen LogP contribution is -2.30. The minimum absolute atomic E-state index is 0.113. The van der Waals surface area contributed by atoms with Gasteiger partial charge in [-0.2, -0.15) is 0 Å². The van der Waals surface area contributed by atoms with E-state index in [2.05, 4.69) is 10.0 Å². The van der Waals surface area contributed by atoms with Gasteiger partial charge in [-0.25, -0.2) is 13.1 Å². The van der Waals surface area contributed by atoms with Crippen LogP contribution in [0.2, 0.25) is 5.02 Å². The van der Waals surface area contributed by atoms with Crippen LogP contribution < -0.4 is 10.0 Å². The summed E-state index contributed by atoms with van der Waals surface area (Å²) in [4.78, 5) is 9.77. The van der Waals surface area contributed by atoms with Crippen LogP contribution in [0.3, 0.4) is 0 Å². The van der Waals surface area contributed by atoms with Crippen LogP contribution in [0.5, 0.6) is 0 Å². The van der Waals surface area contributed by atoms with Gasteiger partial charge in [0, 0.05) is 23.7 Å². The largest absolute Gasteiger partial charge is 0.314 e. The van der Waals surface area contributed by atoms with Gasteiger partial charge >= 0.3 is 0 Å². The normalized spacial score (nSPS) is 11.8. The topological polar surface area (TPSA) is 101 Å². The molecule has 0 heterocycles. The molecular weight excluding hydrogens is 318 g/mol. The van der Waals surface area contributed by atoms with Crippen molar-refractivity contribution in [2.45, 2.75) is 31.2 Å². The van der Waals surface area contributed by atoms with Gasteiger partial charge in [0.1, 0.15) is 0 Å². The molecule has 0 aliphatic rings. The maximum Gasteiger partial charge on any atom is 0.290 e. The Hall–Kier alpha value is -1.22. The molecule has 0 aliphatic heterocycles. The average molecular weight is 336 g/mol. The Labute approximate surface area is 128 Å². The number of hydrogen-bond acceptors (Lipinski definition) is 5. The number of nitro benzene ring substituents is 1. The molecule has 0 radical (unpaired) electrons. The van der Waals surface area contributed by atoms with E-state index in [9.17, 15) is 18.5 Å². The first kappa shape index (κ1) is 17.8. The SMILES string of the molecule is CC(C)NCCCNS(=O)(=O)c1ccc(Cl)cc1[N+](=O)[O-]. The van der Waals surface area contributed by atoms with Crippen LogP contribution >= 0.6 is 11.6 Å². The second-order valence-electron chi connectivity index (χ2n) is 4.73. The van der Waals surface area contributed by atoms with Crippen LogP contribution in [-0.2, 0) is 10.0 Å². The molecule has 7 nitrogen and oxygen atoms in total. The highest BCUT2D eigenvalue weighted by atomic mass is 35.5. The minimum atomic E-state index is -3.93. The molecule has 1 rings (SSSR count). The molecule has 0 bridgehead atoms. The summed E-state index contributed by atoms with van der Waals surface area (Å²) in [5, 5.41) is 14.2. The van der Waals surface area contributed by atoms with Crippen LogP contribution in [0.4, 0.5) is 5.69 Å². The summed E-state index contributed by atoms with van der Waals surface area (Å²) in [5.41, 5.74) is -0.532. The highest BCUT2D eigenvalue weighted by Gasteiger charge is 2.25. The summed E-state index contributed by atoms with van der Waals surface area (Å²) in [6.45, 7) is 4.83. The highest BCUT2D eigenvalue weighted by Crippen LogP contribution is 2.26. The molecule has 0 atom stereocenters. The van der Waals surface area contributed by atoms with Crippen molar-refractivity contribution in [1.82, 2.24) is 10.0 Å². The number of sulfonamides is 1. The molecule has 0 saturated heterocycles. The van der Waals surface area contributed by atoms with E-state index < -0.39 is 20.6 Å². The zero-order chi connectivity index (χ0) is 16.0. The van der Waals surface area contributed by atoms with Crippen LogP contribution in [0.15, 0.2) is 23.1 Å². The van der Waals surface area contributed by atoms with E-state index in [0.29, 0.717) is 19.0 Å². The molecular formula is C12H18ClN3O4S. The molecule has 0 amide bonds. The van der Waals surface area contributed by atoms with Crippen LogP contribution in [0.1, 0.15) is 20.3 Å². The third-order valence-electron chi connectivity index (χ3n) is 2.61. The predicted octanol–water partition coefficient (Wildman–Crippen LogP) is 1.91. The molecule has 21 heavy (non-hydrogen) atoms. The van der Waals surface area contributed by atoms with Gasteiger partial charge in [0.05, 0.1) is 4.92 Å². The maximum absolute atomic E-state index is 12.1. The number of benzene rings is 1. The van der Waals surface area contributed by atoms with Crippen molar-refractivity contribution < 1.29 is 13.3 Å². The molecule has 0 spiro atoms. The fourth-order valence-electron chi connectivity index (χ4n) is 1.62. The first-order valence-corrected chi connectivity index (χ1v) is 8.27. The summed E-state index contributed by atoms with van der Waals surface area (Å²) < 4.78 is 26.5. The number of nitrogens with one attached hydrogen (secondary N) is 2. The molecule has 0 unspecified atom stereocenters. The Morgan fingerprint density at radius 3 is 2.57 bits per heavy atom. The van der Waals surface area contributed by atoms with E-state index in [1.165, 1.54) is 6.07 Å². The quantitative estimate of drug-likeness (QED) is 0.429. The molecule has 118 valence electrons. The van der Waals surface area contributed by atoms with E-state index in [0.717, 1.165) is 12.1 Å². The second-order valence-corrected chi connectivity index (χ2v) is 6.90. The van der Waals surface area contributed by atoms with Crippen molar-refractivity contribution in [3.63, 3.8) is 0 Å². The lowest BCUT2D eigenvalue weighted by Gasteiger charge is -2.09. The number of rotatable bonds is 8. The molecule has 9 heteroatoms. The van der Waals surface area contributed by atoms with E-state index in [1.54, 1.807) is 0 Å². The molecule has 0 aliphatic carbocycles. The molecule has 2 N–H and O–H groups in total. The van der Waals surface area contributed by atoms with Gasteiger partial charge in [0.15, 0.2) is 4.90 Å². The van der Waals surface area contributed by atoms with Gasteiger partial charge < -0.3 is 5.32 Å². The van der Waals surface area contributed by atoms with Crippen LogP contribution in [-0.4, -0.2) is 32.5 Å². The zero-order valence-corrected chi connectivity index (χ0v) is 13.4. The van der Waals surface area contributed by atoms with Gasteiger partial charge in [-0.15, -0.1) is 0 Å². The van der Waals surface area contributed by atoms with Crippen molar-refractivity contribution >= 4 is 27.3 Å².